The Morgan fingerprint density at radius 3 is 2.71 bits per heavy atom. The Labute approximate surface area is 133 Å². The summed E-state index contributed by atoms with van der Waals surface area (Å²) < 4.78 is 26.3. The average Bonchev–Trinajstić information content (AvgIpc) is 2.38. The van der Waals surface area contributed by atoms with E-state index in [-0.39, 0.29) is 41.5 Å². The number of nitrogens with one attached hydrogen (secondary N) is 1. The van der Waals surface area contributed by atoms with Crippen LogP contribution < -0.4 is 5.32 Å². The Balaban J connectivity index is 0.00000220. The minimum atomic E-state index is -3.89. The SMILES string of the molecule is C[C@H]1CN(S(=O)(=O)c2ccc(Cl)cc2[N+](=O)[O-])CCN1.Cl. The van der Waals surface area contributed by atoms with Gasteiger partial charge in [0.25, 0.3) is 5.69 Å². The van der Waals surface area contributed by atoms with Gasteiger partial charge < -0.3 is 5.32 Å². The van der Waals surface area contributed by atoms with Crippen LogP contribution in [0.3, 0.4) is 0 Å². The fourth-order valence-electron chi connectivity index (χ4n) is 2.11. The van der Waals surface area contributed by atoms with Crippen molar-refractivity contribution < 1.29 is 13.3 Å². The number of piperazine rings is 1. The lowest BCUT2D eigenvalue weighted by molar-refractivity contribution is -0.387. The van der Waals surface area contributed by atoms with Gasteiger partial charge in [-0.15, -0.1) is 12.4 Å². The van der Waals surface area contributed by atoms with Crippen LogP contribution in [0.25, 0.3) is 0 Å². The van der Waals surface area contributed by atoms with Gasteiger partial charge in [-0.3, -0.25) is 10.1 Å². The summed E-state index contributed by atoms with van der Waals surface area (Å²) in [6.07, 6.45) is 0. The van der Waals surface area contributed by atoms with Gasteiger partial charge in [0, 0.05) is 36.8 Å². The van der Waals surface area contributed by atoms with Gasteiger partial charge in [-0.05, 0) is 19.1 Å². The zero-order valence-corrected chi connectivity index (χ0v) is 13.5. The number of rotatable bonds is 3. The van der Waals surface area contributed by atoms with Crippen molar-refractivity contribution in [1.29, 1.82) is 0 Å². The zero-order chi connectivity index (χ0) is 14.9. The van der Waals surface area contributed by atoms with E-state index in [0.29, 0.717) is 6.54 Å². The third-order valence-corrected chi connectivity index (χ3v) is 5.21. The van der Waals surface area contributed by atoms with E-state index in [4.69, 9.17) is 11.6 Å². The first-order valence-electron chi connectivity index (χ1n) is 6.00. The minimum absolute atomic E-state index is 0. The van der Waals surface area contributed by atoms with E-state index in [2.05, 4.69) is 5.32 Å². The number of nitro benzene ring substituents is 1. The molecule has 0 bridgehead atoms. The van der Waals surface area contributed by atoms with Gasteiger partial charge in [0.2, 0.25) is 10.0 Å². The van der Waals surface area contributed by atoms with Gasteiger partial charge in [-0.2, -0.15) is 4.31 Å². The zero-order valence-electron chi connectivity index (χ0n) is 11.2. The van der Waals surface area contributed by atoms with Gasteiger partial charge in [0.05, 0.1) is 4.92 Å². The smallest absolute Gasteiger partial charge is 0.290 e. The van der Waals surface area contributed by atoms with Crippen LogP contribution in [0.2, 0.25) is 5.02 Å². The van der Waals surface area contributed by atoms with Crippen LogP contribution in [0.1, 0.15) is 6.92 Å². The van der Waals surface area contributed by atoms with E-state index in [0.717, 1.165) is 6.07 Å². The van der Waals surface area contributed by atoms with Crippen molar-refractivity contribution in [3.05, 3.63) is 33.3 Å². The van der Waals surface area contributed by atoms with Crippen molar-refractivity contribution in [2.45, 2.75) is 17.9 Å². The van der Waals surface area contributed by atoms with Crippen LogP contribution in [-0.4, -0.2) is 43.3 Å². The van der Waals surface area contributed by atoms with E-state index in [1.54, 1.807) is 0 Å². The molecule has 10 heteroatoms. The van der Waals surface area contributed by atoms with Crippen LogP contribution in [0, 0.1) is 10.1 Å². The summed E-state index contributed by atoms with van der Waals surface area (Å²) >= 11 is 5.70. The maximum Gasteiger partial charge on any atom is 0.290 e. The molecule has 1 atom stereocenters. The van der Waals surface area contributed by atoms with Crippen LogP contribution in [-0.2, 0) is 10.0 Å². The second kappa shape index (κ2) is 6.89. The van der Waals surface area contributed by atoms with Crippen LogP contribution in [0.5, 0.6) is 0 Å². The van der Waals surface area contributed by atoms with Gasteiger partial charge in [0.1, 0.15) is 0 Å². The first kappa shape index (κ1) is 18.1. The van der Waals surface area contributed by atoms with E-state index in [1.807, 2.05) is 6.92 Å². The summed E-state index contributed by atoms with van der Waals surface area (Å²) in [6, 6.07) is 3.58. The number of nitro groups is 1. The molecule has 1 saturated heterocycles. The summed E-state index contributed by atoms with van der Waals surface area (Å²) in [5.41, 5.74) is -0.497. The Bertz CT molecular complexity index is 638. The fourth-order valence-corrected chi connectivity index (χ4v) is 3.94. The molecule has 118 valence electrons. The summed E-state index contributed by atoms with van der Waals surface area (Å²) in [4.78, 5) is 9.97. The highest BCUT2D eigenvalue weighted by Crippen LogP contribution is 2.29. The van der Waals surface area contributed by atoms with Crippen molar-refractivity contribution in [2.75, 3.05) is 19.6 Å². The van der Waals surface area contributed by atoms with E-state index >= 15 is 0 Å². The van der Waals surface area contributed by atoms with Crippen molar-refractivity contribution >= 4 is 39.7 Å². The molecule has 1 aromatic rings. The fraction of sp³-hybridized carbons (Fsp3) is 0.455. The van der Waals surface area contributed by atoms with E-state index in [1.165, 1.54) is 16.4 Å². The lowest BCUT2D eigenvalue weighted by Crippen LogP contribution is -2.51. The average molecular weight is 356 g/mol. The molecule has 1 heterocycles. The highest BCUT2D eigenvalue weighted by atomic mass is 35.5. The van der Waals surface area contributed by atoms with E-state index in [9.17, 15) is 18.5 Å². The first-order valence-corrected chi connectivity index (χ1v) is 7.81. The third-order valence-electron chi connectivity index (χ3n) is 3.07. The lowest BCUT2D eigenvalue weighted by Gasteiger charge is -2.30. The number of hydrogen-bond donors (Lipinski definition) is 1. The van der Waals surface area contributed by atoms with Gasteiger partial charge >= 0.3 is 0 Å². The van der Waals surface area contributed by atoms with Gasteiger partial charge in [-0.1, -0.05) is 11.6 Å². The summed E-state index contributed by atoms with van der Waals surface area (Å²) in [5.74, 6) is 0. The Morgan fingerprint density at radius 2 is 2.14 bits per heavy atom. The Kier molecular flexibility index (Phi) is 5.94. The Morgan fingerprint density at radius 1 is 1.48 bits per heavy atom. The molecular formula is C11H15Cl2N3O4S. The van der Waals surface area contributed by atoms with Crippen LogP contribution in [0.15, 0.2) is 23.1 Å². The molecule has 0 unspecified atom stereocenters. The molecule has 0 aliphatic carbocycles. The van der Waals surface area contributed by atoms with E-state index < -0.39 is 20.6 Å². The molecule has 2 rings (SSSR count). The van der Waals surface area contributed by atoms with Crippen molar-refractivity contribution in [3.8, 4) is 0 Å². The molecule has 1 aliphatic rings. The standard InChI is InChI=1S/C11H14ClN3O4S.ClH/c1-8-7-14(5-4-13-8)20(18,19)11-3-2-9(12)6-10(11)15(16)17;/h2-3,6,8,13H,4-5,7H2,1H3;1H/t8-;/m0./s1. The molecule has 0 amide bonds. The van der Waals surface area contributed by atoms with Crippen molar-refractivity contribution in [1.82, 2.24) is 9.62 Å². The summed E-state index contributed by atoms with van der Waals surface area (Å²) in [6.45, 7) is 2.94. The number of halogens is 2. The molecule has 1 N–H and O–H groups in total. The quantitative estimate of drug-likeness (QED) is 0.657. The number of hydrogen-bond acceptors (Lipinski definition) is 5. The van der Waals surface area contributed by atoms with Crippen molar-refractivity contribution in [2.24, 2.45) is 0 Å². The molecule has 1 fully saturated rings. The van der Waals surface area contributed by atoms with Crippen molar-refractivity contribution in [3.63, 3.8) is 0 Å². The van der Waals surface area contributed by atoms with Gasteiger partial charge in [-0.25, -0.2) is 8.42 Å². The normalized spacial score (nSPS) is 19.8. The van der Waals surface area contributed by atoms with Crippen LogP contribution in [0.4, 0.5) is 5.69 Å². The third kappa shape index (κ3) is 3.83. The molecular weight excluding hydrogens is 341 g/mol. The van der Waals surface area contributed by atoms with Crippen LogP contribution >= 0.6 is 24.0 Å². The maximum absolute atomic E-state index is 12.5. The molecule has 21 heavy (non-hydrogen) atoms. The first-order chi connectivity index (χ1) is 9.32. The molecule has 0 radical (unpaired) electrons. The lowest BCUT2D eigenvalue weighted by atomic mass is 10.3. The Hall–Kier alpha value is -0.930. The molecule has 1 aromatic carbocycles. The predicted octanol–water partition coefficient (Wildman–Crippen LogP) is 1.65. The molecule has 0 saturated carbocycles. The minimum Gasteiger partial charge on any atom is -0.312 e. The number of sulfonamides is 1. The highest BCUT2D eigenvalue weighted by molar-refractivity contribution is 7.89. The molecule has 7 nitrogen and oxygen atoms in total. The largest absolute Gasteiger partial charge is 0.312 e. The molecule has 0 spiro atoms. The number of benzene rings is 1. The maximum atomic E-state index is 12.5. The summed E-state index contributed by atoms with van der Waals surface area (Å²) in [7, 11) is -3.89. The second-order valence-corrected chi connectivity index (χ2v) is 6.93. The van der Waals surface area contributed by atoms with Gasteiger partial charge in [0.15, 0.2) is 4.90 Å². The predicted molar refractivity (Wildman–Crippen MR) is 81.6 cm³/mol. The highest BCUT2D eigenvalue weighted by Gasteiger charge is 2.33. The molecule has 1 aliphatic heterocycles. The number of nitrogens with zero attached hydrogens (tertiary/aromatic N) is 2. The summed E-state index contributed by atoms with van der Waals surface area (Å²) in [5, 5.41) is 14.3. The monoisotopic (exact) mass is 355 g/mol. The molecule has 0 aromatic heterocycles. The second-order valence-electron chi connectivity index (χ2n) is 4.59. The topological polar surface area (TPSA) is 92.5 Å².